The number of nitrogens with zero attached hydrogens (tertiary/aromatic N) is 1. The number of esters is 1. The number of hydrogen-bond acceptors (Lipinski definition) is 6. The first-order valence-corrected chi connectivity index (χ1v) is 6.14. The maximum Gasteiger partial charge on any atom is 0.410 e. The molecule has 2 atom stereocenters. The number of piperidine rings is 1. The van der Waals surface area contributed by atoms with E-state index in [2.05, 4.69) is 4.74 Å². The van der Waals surface area contributed by atoms with Crippen LogP contribution in [0.5, 0.6) is 0 Å². The van der Waals surface area contributed by atoms with Gasteiger partial charge in [0.2, 0.25) is 0 Å². The van der Waals surface area contributed by atoms with Crippen molar-refractivity contribution in [2.75, 3.05) is 20.2 Å². The summed E-state index contributed by atoms with van der Waals surface area (Å²) in [6.07, 6.45) is -0.477. The molecule has 0 spiro atoms. The van der Waals surface area contributed by atoms with Gasteiger partial charge in [-0.2, -0.15) is 0 Å². The highest BCUT2D eigenvalue weighted by Gasteiger charge is 2.48. The van der Waals surface area contributed by atoms with E-state index in [0.29, 0.717) is 0 Å². The summed E-state index contributed by atoms with van der Waals surface area (Å²) in [4.78, 5) is 24.8. The summed E-state index contributed by atoms with van der Waals surface area (Å²) in [6.45, 7) is 5.52. The fourth-order valence-electron chi connectivity index (χ4n) is 1.89. The molecule has 0 aliphatic carbocycles. The zero-order valence-electron chi connectivity index (χ0n) is 11.8. The van der Waals surface area contributed by atoms with Crippen LogP contribution in [0.4, 0.5) is 4.79 Å². The molecular formula is C12H22N2O5. The molecule has 110 valence electrons. The summed E-state index contributed by atoms with van der Waals surface area (Å²) < 4.78 is 9.75. The average molecular weight is 274 g/mol. The molecule has 1 heterocycles. The molecule has 1 rings (SSSR count). The van der Waals surface area contributed by atoms with Gasteiger partial charge in [0.25, 0.3) is 0 Å². The Morgan fingerprint density at radius 3 is 2.42 bits per heavy atom. The van der Waals surface area contributed by atoms with Crippen LogP contribution in [-0.2, 0) is 14.3 Å². The van der Waals surface area contributed by atoms with Gasteiger partial charge in [0.15, 0.2) is 5.60 Å². The SMILES string of the molecule is COC(=O)[C@@]1(O)CCN(C(=O)OC(C)(C)C)C[C@@H]1N. The van der Waals surface area contributed by atoms with Crippen molar-refractivity contribution < 1.29 is 24.2 Å². The number of aliphatic hydroxyl groups is 1. The van der Waals surface area contributed by atoms with Crippen LogP contribution < -0.4 is 5.73 Å². The molecule has 1 fully saturated rings. The van der Waals surface area contributed by atoms with E-state index >= 15 is 0 Å². The summed E-state index contributed by atoms with van der Waals surface area (Å²) in [7, 11) is 1.19. The molecule has 0 aromatic rings. The lowest BCUT2D eigenvalue weighted by atomic mass is 9.87. The molecule has 3 N–H and O–H groups in total. The molecule has 0 radical (unpaired) electrons. The molecule has 7 heteroatoms. The molecule has 0 aromatic heterocycles. The number of rotatable bonds is 1. The van der Waals surface area contributed by atoms with Crippen molar-refractivity contribution in [3.05, 3.63) is 0 Å². The predicted octanol–water partition coefficient (Wildman–Crippen LogP) is -0.141. The van der Waals surface area contributed by atoms with Gasteiger partial charge in [-0.25, -0.2) is 9.59 Å². The number of nitrogens with two attached hydrogens (primary N) is 1. The fraction of sp³-hybridized carbons (Fsp3) is 0.833. The minimum absolute atomic E-state index is 0.0279. The molecule has 1 amide bonds. The monoisotopic (exact) mass is 274 g/mol. The smallest absolute Gasteiger partial charge is 0.410 e. The minimum atomic E-state index is -1.74. The van der Waals surface area contributed by atoms with Gasteiger partial charge in [0.1, 0.15) is 5.60 Å². The largest absolute Gasteiger partial charge is 0.467 e. The maximum absolute atomic E-state index is 11.9. The van der Waals surface area contributed by atoms with E-state index in [4.69, 9.17) is 10.5 Å². The summed E-state index contributed by atoms with van der Waals surface area (Å²) in [5.74, 6) is -0.774. The second-order valence-corrected chi connectivity index (χ2v) is 5.70. The third-order valence-corrected chi connectivity index (χ3v) is 2.98. The van der Waals surface area contributed by atoms with E-state index in [0.717, 1.165) is 0 Å². The van der Waals surface area contributed by atoms with Crippen molar-refractivity contribution >= 4 is 12.1 Å². The summed E-state index contributed by atoms with van der Waals surface area (Å²) in [6, 6.07) is -0.902. The van der Waals surface area contributed by atoms with E-state index in [1.807, 2.05) is 0 Å². The van der Waals surface area contributed by atoms with Gasteiger partial charge in [-0.15, -0.1) is 0 Å². The predicted molar refractivity (Wildman–Crippen MR) is 67.4 cm³/mol. The standard InChI is InChI=1S/C12H22N2O5/c1-11(2,3)19-10(16)14-6-5-12(17,8(13)7-14)9(15)18-4/h8,17H,5-7,13H2,1-4H3/t8-,12+/m0/s1. The Labute approximate surface area is 112 Å². The van der Waals surface area contributed by atoms with Gasteiger partial charge < -0.3 is 25.2 Å². The number of carbonyl (C=O) groups is 2. The third-order valence-electron chi connectivity index (χ3n) is 2.98. The molecular weight excluding hydrogens is 252 g/mol. The van der Waals surface area contributed by atoms with Crippen LogP contribution >= 0.6 is 0 Å². The molecule has 1 aliphatic rings. The van der Waals surface area contributed by atoms with Crippen molar-refractivity contribution in [3.8, 4) is 0 Å². The second kappa shape index (κ2) is 5.34. The Hall–Kier alpha value is -1.34. The summed E-state index contributed by atoms with van der Waals surface area (Å²) in [5.41, 5.74) is 3.44. The first-order chi connectivity index (χ1) is 8.60. The van der Waals surface area contributed by atoms with Crippen molar-refractivity contribution in [1.82, 2.24) is 4.90 Å². The fourth-order valence-corrected chi connectivity index (χ4v) is 1.89. The number of methoxy groups -OCH3 is 1. The highest BCUT2D eigenvalue weighted by molar-refractivity contribution is 5.81. The molecule has 0 bridgehead atoms. The van der Waals surface area contributed by atoms with Gasteiger partial charge in [0.05, 0.1) is 13.2 Å². The normalized spacial score (nSPS) is 27.9. The molecule has 1 aliphatic heterocycles. The van der Waals surface area contributed by atoms with Crippen LogP contribution in [0.2, 0.25) is 0 Å². The zero-order chi connectivity index (χ0) is 14.8. The van der Waals surface area contributed by atoms with Gasteiger partial charge in [-0.1, -0.05) is 0 Å². The lowest BCUT2D eigenvalue weighted by Gasteiger charge is -2.40. The van der Waals surface area contributed by atoms with Gasteiger partial charge >= 0.3 is 12.1 Å². The van der Waals surface area contributed by atoms with E-state index in [-0.39, 0.29) is 19.5 Å². The van der Waals surface area contributed by atoms with Crippen LogP contribution in [0, 0.1) is 0 Å². The van der Waals surface area contributed by atoms with Crippen LogP contribution in [0.15, 0.2) is 0 Å². The van der Waals surface area contributed by atoms with Crippen molar-refractivity contribution in [2.45, 2.75) is 44.4 Å². The van der Waals surface area contributed by atoms with Crippen molar-refractivity contribution in [3.63, 3.8) is 0 Å². The van der Waals surface area contributed by atoms with Gasteiger partial charge in [-0.05, 0) is 20.8 Å². The van der Waals surface area contributed by atoms with Gasteiger partial charge in [-0.3, -0.25) is 0 Å². The van der Waals surface area contributed by atoms with Crippen LogP contribution in [0.3, 0.4) is 0 Å². The number of hydrogen-bond donors (Lipinski definition) is 2. The maximum atomic E-state index is 11.9. The van der Waals surface area contributed by atoms with Gasteiger partial charge in [0, 0.05) is 19.5 Å². The lowest BCUT2D eigenvalue weighted by molar-refractivity contribution is -0.169. The topological polar surface area (TPSA) is 102 Å². The Kier molecular flexibility index (Phi) is 4.42. The molecule has 0 aromatic carbocycles. The van der Waals surface area contributed by atoms with E-state index < -0.39 is 29.3 Å². The van der Waals surface area contributed by atoms with Crippen LogP contribution in [0.1, 0.15) is 27.2 Å². The van der Waals surface area contributed by atoms with E-state index in [1.54, 1.807) is 20.8 Å². The summed E-state index contributed by atoms with van der Waals surface area (Å²) >= 11 is 0. The molecule has 7 nitrogen and oxygen atoms in total. The average Bonchev–Trinajstić information content (AvgIpc) is 2.29. The lowest BCUT2D eigenvalue weighted by Crippen LogP contribution is -2.64. The van der Waals surface area contributed by atoms with E-state index in [1.165, 1.54) is 12.0 Å². The molecule has 19 heavy (non-hydrogen) atoms. The van der Waals surface area contributed by atoms with Crippen LogP contribution in [-0.4, -0.2) is 59.5 Å². The van der Waals surface area contributed by atoms with Crippen molar-refractivity contribution in [1.29, 1.82) is 0 Å². The zero-order valence-corrected chi connectivity index (χ0v) is 11.8. The van der Waals surface area contributed by atoms with E-state index in [9.17, 15) is 14.7 Å². The number of ether oxygens (including phenoxy) is 2. The highest BCUT2D eigenvalue weighted by Crippen LogP contribution is 2.24. The minimum Gasteiger partial charge on any atom is -0.467 e. The third kappa shape index (κ3) is 3.57. The molecule has 0 saturated carbocycles. The Morgan fingerprint density at radius 1 is 1.42 bits per heavy atom. The highest BCUT2D eigenvalue weighted by atomic mass is 16.6. The Balaban J connectivity index is 2.69. The number of amides is 1. The first-order valence-electron chi connectivity index (χ1n) is 6.14. The quantitative estimate of drug-likeness (QED) is 0.645. The first kappa shape index (κ1) is 15.7. The second-order valence-electron chi connectivity index (χ2n) is 5.70. The Morgan fingerprint density at radius 2 is 2.00 bits per heavy atom. The molecule has 1 saturated heterocycles. The van der Waals surface area contributed by atoms with Crippen molar-refractivity contribution in [2.24, 2.45) is 5.73 Å². The number of likely N-dealkylation sites (tertiary alicyclic amines) is 1. The van der Waals surface area contributed by atoms with Crippen LogP contribution in [0.25, 0.3) is 0 Å². The summed E-state index contributed by atoms with van der Waals surface area (Å²) in [5, 5.41) is 10.2. The molecule has 0 unspecified atom stereocenters. The Bertz CT molecular complexity index is 366. The number of carbonyl (C=O) groups excluding carboxylic acids is 2.